The molecule has 0 saturated carbocycles. The highest BCUT2D eigenvalue weighted by atomic mass is 32.1. The summed E-state index contributed by atoms with van der Waals surface area (Å²) in [7, 11) is 1.40. The van der Waals surface area contributed by atoms with Crippen LogP contribution in [0.25, 0.3) is 0 Å². The smallest absolute Gasteiger partial charge is 0.336 e. The van der Waals surface area contributed by atoms with E-state index in [-0.39, 0.29) is 12.1 Å². The third-order valence-electron chi connectivity index (χ3n) is 3.30. The van der Waals surface area contributed by atoms with Crippen LogP contribution in [0.15, 0.2) is 5.51 Å². The van der Waals surface area contributed by atoms with Crippen LogP contribution >= 0.6 is 11.3 Å². The van der Waals surface area contributed by atoms with Gasteiger partial charge in [0.05, 0.1) is 24.4 Å². The zero-order chi connectivity index (χ0) is 13.8. The molecule has 1 unspecified atom stereocenters. The standard InChI is InChI=1S/C13H20N2O3S/c1-9-6-15(7-11(18-9)13(16)17-3)5-4-12-10(2)14-8-19-12/h8-9,11H,4-7H2,1-3H3/t9-,11?/m1/s1. The average Bonchev–Trinajstić information content (AvgIpc) is 2.80. The summed E-state index contributed by atoms with van der Waals surface area (Å²) in [5.74, 6) is -0.287. The van der Waals surface area contributed by atoms with Gasteiger partial charge in [-0.05, 0) is 20.3 Å². The van der Waals surface area contributed by atoms with Gasteiger partial charge in [-0.1, -0.05) is 0 Å². The number of carbonyl (C=O) groups is 1. The molecule has 1 saturated heterocycles. The number of esters is 1. The Balaban J connectivity index is 1.89. The van der Waals surface area contributed by atoms with Gasteiger partial charge in [-0.3, -0.25) is 4.90 Å². The Hall–Kier alpha value is -0.980. The van der Waals surface area contributed by atoms with Crippen molar-refractivity contribution in [3.8, 4) is 0 Å². The lowest BCUT2D eigenvalue weighted by molar-refractivity contribution is -0.166. The lowest BCUT2D eigenvalue weighted by Crippen LogP contribution is -2.50. The maximum absolute atomic E-state index is 11.6. The number of rotatable bonds is 4. The number of aryl methyl sites for hydroxylation is 1. The molecule has 2 atom stereocenters. The Morgan fingerprint density at radius 2 is 2.42 bits per heavy atom. The molecule has 0 amide bonds. The minimum atomic E-state index is -0.462. The number of ether oxygens (including phenoxy) is 2. The number of hydrogen-bond donors (Lipinski definition) is 0. The van der Waals surface area contributed by atoms with E-state index in [4.69, 9.17) is 9.47 Å². The van der Waals surface area contributed by atoms with Crippen LogP contribution < -0.4 is 0 Å². The normalized spacial score (nSPS) is 24.4. The Bertz CT molecular complexity index is 435. The maximum Gasteiger partial charge on any atom is 0.336 e. The second-order valence-corrected chi connectivity index (χ2v) is 5.77. The lowest BCUT2D eigenvalue weighted by Gasteiger charge is -2.35. The first kappa shape index (κ1) is 14.4. The van der Waals surface area contributed by atoms with Crippen LogP contribution in [0.1, 0.15) is 17.5 Å². The van der Waals surface area contributed by atoms with Crippen molar-refractivity contribution in [3.05, 3.63) is 16.1 Å². The molecule has 0 N–H and O–H groups in total. The van der Waals surface area contributed by atoms with Crippen molar-refractivity contribution in [1.29, 1.82) is 0 Å². The fourth-order valence-electron chi connectivity index (χ4n) is 2.31. The topological polar surface area (TPSA) is 51.7 Å². The first-order chi connectivity index (χ1) is 9.10. The Morgan fingerprint density at radius 1 is 1.63 bits per heavy atom. The van der Waals surface area contributed by atoms with E-state index in [9.17, 15) is 4.79 Å². The number of morpholine rings is 1. The highest BCUT2D eigenvalue weighted by molar-refractivity contribution is 7.09. The summed E-state index contributed by atoms with van der Waals surface area (Å²) in [6.45, 7) is 6.40. The molecule has 0 bridgehead atoms. The maximum atomic E-state index is 11.6. The molecule has 0 aliphatic carbocycles. The molecule has 0 spiro atoms. The highest BCUT2D eigenvalue weighted by Crippen LogP contribution is 2.16. The van der Waals surface area contributed by atoms with Crippen molar-refractivity contribution in [2.24, 2.45) is 0 Å². The van der Waals surface area contributed by atoms with Crippen molar-refractivity contribution < 1.29 is 14.3 Å². The second-order valence-electron chi connectivity index (χ2n) is 4.83. The summed E-state index contributed by atoms with van der Waals surface area (Å²) in [4.78, 5) is 19.4. The van der Waals surface area contributed by atoms with Crippen LogP contribution in [0.4, 0.5) is 0 Å². The number of hydrogen-bond acceptors (Lipinski definition) is 6. The third-order valence-corrected chi connectivity index (χ3v) is 4.29. The molecule has 0 aromatic carbocycles. The fraction of sp³-hybridized carbons (Fsp3) is 0.692. The highest BCUT2D eigenvalue weighted by Gasteiger charge is 2.30. The molecule has 1 aromatic heterocycles. The molecule has 1 aliphatic rings. The van der Waals surface area contributed by atoms with Gasteiger partial charge in [0.15, 0.2) is 6.10 Å². The Kier molecular flexibility index (Phi) is 4.90. The molecule has 1 aromatic rings. The predicted octanol–water partition coefficient (Wildman–Crippen LogP) is 1.26. The molecule has 2 heterocycles. The largest absolute Gasteiger partial charge is 0.467 e. The quantitative estimate of drug-likeness (QED) is 0.779. The summed E-state index contributed by atoms with van der Waals surface area (Å²) in [5.41, 5.74) is 2.99. The van der Waals surface area contributed by atoms with Crippen molar-refractivity contribution in [2.75, 3.05) is 26.7 Å². The van der Waals surface area contributed by atoms with Crippen LogP contribution in [0.5, 0.6) is 0 Å². The summed E-state index contributed by atoms with van der Waals surface area (Å²) in [6, 6.07) is 0. The van der Waals surface area contributed by atoms with Crippen molar-refractivity contribution >= 4 is 17.3 Å². The molecule has 0 radical (unpaired) electrons. The molecule has 1 aliphatic heterocycles. The van der Waals surface area contributed by atoms with Crippen LogP contribution in [0.2, 0.25) is 0 Å². The monoisotopic (exact) mass is 284 g/mol. The van der Waals surface area contributed by atoms with Gasteiger partial charge in [0.1, 0.15) is 0 Å². The number of aromatic nitrogens is 1. The van der Waals surface area contributed by atoms with E-state index in [1.165, 1.54) is 12.0 Å². The number of nitrogens with zero attached hydrogens (tertiary/aromatic N) is 2. The minimum absolute atomic E-state index is 0.0559. The first-order valence-corrected chi connectivity index (χ1v) is 7.32. The summed E-state index contributed by atoms with van der Waals surface area (Å²) < 4.78 is 10.4. The molecular weight excluding hydrogens is 264 g/mol. The Morgan fingerprint density at radius 3 is 3.05 bits per heavy atom. The summed E-state index contributed by atoms with van der Waals surface area (Å²) >= 11 is 1.69. The Labute approximate surface area is 117 Å². The van der Waals surface area contributed by atoms with Gasteiger partial charge < -0.3 is 9.47 Å². The van der Waals surface area contributed by atoms with Gasteiger partial charge in [-0.2, -0.15) is 0 Å². The number of methoxy groups -OCH3 is 1. The van der Waals surface area contributed by atoms with Crippen LogP contribution in [0.3, 0.4) is 0 Å². The van der Waals surface area contributed by atoms with Gasteiger partial charge in [0.2, 0.25) is 0 Å². The van der Waals surface area contributed by atoms with E-state index in [0.717, 1.165) is 25.2 Å². The summed E-state index contributed by atoms with van der Waals surface area (Å²) in [6.07, 6.45) is 0.564. The molecule has 106 valence electrons. The molecular formula is C13H20N2O3S. The van der Waals surface area contributed by atoms with Gasteiger partial charge in [-0.25, -0.2) is 9.78 Å². The third kappa shape index (κ3) is 3.75. The van der Waals surface area contributed by atoms with Crippen molar-refractivity contribution in [2.45, 2.75) is 32.5 Å². The van der Waals surface area contributed by atoms with Gasteiger partial charge in [0.25, 0.3) is 0 Å². The van der Waals surface area contributed by atoms with Gasteiger partial charge in [0, 0.05) is 24.5 Å². The van der Waals surface area contributed by atoms with E-state index in [2.05, 4.69) is 9.88 Å². The minimum Gasteiger partial charge on any atom is -0.467 e. The van der Waals surface area contributed by atoms with E-state index >= 15 is 0 Å². The number of carbonyl (C=O) groups excluding carboxylic acids is 1. The van der Waals surface area contributed by atoms with Gasteiger partial charge in [-0.15, -0.1) is 11.3 Å². The SMILES string of the molecule is COC(=O)C1CN(CCc2scnc2C)C[C@@H](C)O1. The molecule has 1 fully saturated rings. The van der Waals surface area contributed by atoms with Crippen LogP contribution in [-0.2, 0) is 20.7 Å². The van der Waals surface area contributed by atoms with E-state index < -0.39 is 6.10 Å². The van der Waals surface area contributed by atoms with Crippen LogP contribution in [-0.4, -0.2) is 54.8 Å². The fourth-order valence-corrected chi connectivity index (χ4v) is 3.08. The molecule has 6 heteroatoms. The van der Waals surface area contributed by atoms with Gasteiger partial charge >= 0.3 is 5.97 Å². The first-order valence-electron chi connectivity index (χ1n) is 6.44. The zero-order valence-electron chi connectivity index (χ0n) is 11.6. The lowest BCUT2D eigenvalue weighted by atomic mass is 10.2. The molecule has 2 rings (SSSR count). The van der Waals surface area contributed by atoms with E-state index in [1.54, 1.807) is 11.3 Å². The summed E-state index contributed by atoms with van der Waals surface area (Å²) in [5, 5.41) is 0. The average molecular weight is 284 g/mol. The zero-order valence-corrected chi connectivity index (χ0v) is 12.4. The van der Waals surface area contributed by atoms with Crippen molar-refractivity contribution in [3.63, 3.8) is 0 Å². The van der Waals surface area contributed by atoms with E-state index in [0.29, 0.717) is 6.54 Å². The predicted molar refractivity (Wildman–Crippen MR) is 73.3 cm³/mol. The molecule has 19 heavy (non-hydrogen) atoms. The molecule has 5 nitrogen and oxygen atoms in total. The van der Waals surface area contributed by atoms with E-state index in [1.807, 2.05) is 19.4 Å². The van der Waals surface area contributed by atoms with Crippen molar-refractivity contribution in [1.82, 2.24) is 9.88 Å². The second kappa shape index (κ2) is 6.45. The number of thiazole rings is 1. The van der Waals surface area contributed by atoms with Crippen LogP contribution in [0, 0.1) is 6.92 Å².